The molecule has 0 saturated carbocycles. The smallest absolute Gasteiger partial charge is 0.372 e. The van der Waals surface area contributed by atoms with Crippen molar-refractivity contribution in [2.45, 2.75) is 6.61 Å². The van der Waals surface area contributed by atoms with Crippen LogP contribution in [0.3, 0.4) is 0 Å². The Balaban J connectivity index is 1.90. The van der Waals surface area contributed by atoms with Gasteiger partial charge in [0.15, 0.2) is 0 Å². The Hall–Kier alpha value is -3.01. The van der Waals surface area contributed by atoms with Crippen LogP contribution >= 0.6 is 0 Å². The van der Waals surface area contributed by atoms with Gasteiger partial charge in [0.25, 0.3) is 0 Å². The highest BCUT2D eigenvalue weighted by Gasteiger charge is 2.18. The van der Waals surface area contributed by atoms with E-state index in [9.17, 15) is 9.90 Å². The summed E-state index contributed by atoms with van der Waals surface area (Å²) in [6.45, 7) is 0.415. The van der Waals surface area contributed by atoms with Crippen LogP contribution in [0.25, 0.3) is 11.1 Å². The highest BCUT2D eigenvalue weighted by molar-refractivity contribution is 5.94. The van der Waals surface area contributed by atoms with Gasteiger partial charge in [0.05, 0.1) is 6.26 Å². The topological polar surface area (TPSA) is 59.7 Å². The molecule has 3 aromatic rings. The number of aromatic carboxylic acids is 1. The molecule has 0 aliphatic carbocycles. The van der Waals surface area contributed by atoms with E-state index in [1.165, 1.54) is 6.26 Å². The van der Waals surface area contributed by atoms with E-state index >= 15 is 0 Å². The second-order valence-corrected chi connectivity index (χ2v) is 4.74. The van der Waals surface area contributed by atoms with Crippen molar-refractivity contribution in [3.63, 3.8) is 0 Å². The molecule has 0 aliphatic rings. The molecule has 1 aromatic heterocycles. The molecule has 0 amide bonds. The van der Waals surface area contributed by atoms with Gasteiger partial charge >= 0.3 is 5.97 Å². The van der Waals surface area contributed by atoms with E-state index in [0.717, 1.165) is 5.56 Å². The minimum atomic E-state index is -1.10. The fourth-order valence-corrected chi connectivity index (χ4v) is 2.24. The molecule has 4 heteroatoms. The fraction of sp³-hybridized carbons (Fsp3) is 0.0556. The molecule has 2 aromatic carbocycles. The van der Waals surface area contributed by atoms with Crippen LogP contribution in [-0.4, -0.2) is 11.1 Å². The van der Waals surface area contributed by atoms with Crippen LogP contribution in [0.15, 0.2) is 71.3 Å². The fourth-order valence-electron chi connectivity index (χ4n) is 2.24. The van der Waals surface area contributed by atoms with E-state index in [1.807, 2.05) is 54.6 Å². The molecule has 0 unspecified atom stereocenters. The number of hydrogen-bond acceptors (Lipinski definition) is 3. The molecule has 4 nitrogen and oxygen atoms in total. The number of carboxylic acids is 1. The second-order valence-electron chi connectivity index (χ2n) is 4.74. The quantitative estimate of drug-likeness (QED) is 0.765. The Morgan fingerprint density at radius 2 is 1.68 bits per heavy atom. The Morgan fingerprint density at radius 1 is 0.955 bits per heavy atom. The van der Waals surface area contributed by atoms with Gasteiger partial charge in [0, 0.05) is 11.1 Å². The Kier molecular flexibility index (Phi) is 3.92. The predicted octanol–water partition coefficient (Wildman–Crippen LogP) is 4.22. The molecule has 110 valence electrons. The number of hydrogen-bond donors (Lipinski definition) is 1. The van der Waals surface area contributed by atoms with Crippen LogP contribution in [-0.2, 0) is 6.61 Å². The van der Waals surface area contributed by atoms with Crippen molar-refractivity contribution in [2.75, 3.05) is 0 Å². The standard InChI is InChI=1S/C18H14O4/c19-18(20)17-15(10-11-21-17)14-8-4-5-9-16(14)22-12-13-6-2-1-3-7-13/h1-11H,12H2,(H,19,20). The van der Waals surface area contributed by atoms with E-state index in [0.29, 0.717) is 23.5 Å². The van der Waals surface area contributed by atoms with Gasteiger partial charge in [0.2, 0.25) is 5.76 Å². The van der Waals surface area contributed by atoms with Crippen LogP contribution in [0.2, 0.25) is 0 Å². The van der Waals surface area contributed by atoms with Crippen molar-refractivity contribution in [1.29, 1.82) is 0 Å². The van der Waals surface area contributed by atoms with Gasteiger partial charge in [0.1, 0.15) is 12.4 Å². The number of benzene rings is 2. The zero-order valence-corrected chi connectivity index (χ0v) is 11.7. The summed E-state index contributed by atoms with van der Waals surface area (Å²) < 4.78 is 10.9. The van der Waals surface area contributed by atoms with Crippen LogP contribution < -0.4 is 4.74 Å². The SMILES string of the molecule is O=C(O)c1occc1-c1ccccc1OCc1ccccc1. The summed E-state index contributed by atoms with van der Waals surface area (Å²) in [7, 11) is 0. The van der Waals surface area contributed by atoms with E-state index in [1.54, 1.807) is 6.07 Å². The van der Waals surface area contributed by atoms with Gasteiger partial charge in [-0.05, 0) is 17.7 Å². The summed E-state index contributed by atoms with van der Waals surface area (Å²) in [6.07, 6.45) is 1.37. The maximum absolute atomic E-state index is 11.2. The van der Waals surface area contributed by atoms with Gasteiger partial charge < -0.3 is 14.3 Å². The molecule has 0 bridgehead atoms. The van der Waals surface area contributed by atoms with Crippen LogP contribution in [0.5, 0.6) is 5.75 Å². The van der Waals surface area contributed by atoms with Gasteiger partial charge in [-0.15, -0.1) is 0 Å². The maximum Gasteiger partial charge on any atom is 0.372 e. The van der Waals surface area contributed by atoms with Crippen molar-refractivity contribution < 1.29 is 19.1 Å². The zero-order chi connectivity index (χ0) is 15.4. The van der Waals surface area contributed by atoms with Crippen molar-refractivity contribution >= 4 is 5.97 Å². The zero-order valence-electron chi connectivity index (χ0n) is 11.7. The molecule has 22 heavy (non-hydrogen) atoms. The summed E-state index contributed by atoms with van der Waals surface area (Å²) in [6, 6.07) is 18.7. The number of rotatable bonds is 5. The molecule has 1 N–H and O–H groups in total. The molecule has 0 atom stereocenters. The lowest BCUT2D eigenvalue weighted by Gasteiger charge is -2.11. The van der Waals surface area contributed by atoms with Crippen LogP contribution in [0.4, 0.5) is 0 Å². The van der Waals surface area contributed by atoms with Crippen molar-refractivity contribution in [2.24, 2.45) is 0 Å². The van der Waals surface area contributed by atoms with Crippen molar-refractivity contribution in [1.82, 2.24) is 0 Å². The largest absolute Gasteiger partial charge is 0.488 e. The average Bonchev–Trinajstić information content (AvgIpc) is 3.04. The maximum atomic E-state index is 11.2. The van der Waals surface area contributed by atoms with Crippen molar-refractivity contribution in [3.05, 3.63) is 78.3 Å². The predicted molar refractivity (Wildman–Crippen MR) is 81.9 cm³/mol. The number of ether oxygens (including phenoxy) is 1. The first-order chi connectivity index (χ1) is 10.8. The summed E-state index contributed by atoms with van der Waals surface area (Å²) >= 11 is 0. The normalized spacial score (nSPS) is 10.4. The molecule has 0 saturated heterocycles. The van der Waals surface area contributed by atoms with Gasteiger partial charge in [-0.3, -0.25) is 0 Å². The molecule has 3 rings (SSSR count). The summed E-state index contributed by atoms with van der Waals surface area (Å²) in [4.78, 5) is 11.2. The summed E-state index contributed by atoms with van der Waals surface area (Å²) in [5.74, 6) is -0.566. The highest BCUT2D eigenvalue weighted by atomic mass is 16.5. The third kappa shape index (κ3) is 2.86. The first-order valence-electron chi connectivity index (χ1n) is 6.82. The van der Waals surface area contributed by atoms with Gasteiger partial charge in [-0.2, -0.15) is 0 Å². The second kappa shape index (κ2) is 6.18. The molecule has 0 fully saturated rings. The summed E-state index contributed by atoms with van der Waals surface area (Å²) in [5, 5.41) is 9.18. The third-order valence-electron chi connectivity index (χ3n) is 3.27. The Morgan fingerprint density at radius 3 is 2.45 bits per heavy atom. The molecular formula is C18H14O4. The lowest BCUT2D eigenvalue weighted by atomic mass is 10.1. The molecule has 1 heterocycles. The third-order valence-corrected chi connectivity index (χ3v) is 3.27. The molecule has 0 radical (unpaired) electrons. The van der Waals surface area contributed by atoms with Crippen LogP contribution in [0.1, 0.15) is 16.1 Å². The minimum absolute atomic E-state index is 0.0873. The number of carboxylic acid groups (broad SMARTS) is 1. The highest BCUT2D eigenvalue weighted by Crippen LogP contribution is 2.33. The van der Waals surface area contributed by atoms with Crippen molar-refractivity contribution in [3.8, 4) is 16.9 Å². The summed E-state index contributed by atoms with van der Waals surface area (Å²) in [5.41, 5.74) is 2.25. The minimum Gasteiger partial charge on any atom is -0.488 e. The van der Waals surface area contributed by atoms with Gasteiger partial charge in [-0.1, -0.05) is 48.5 Å². The van der Waals surface area contributed by atoms with E-state index in [2.05, 4.69) is 0 Å². The molecule has 0 spiro atoms. The number of furan rings is 1. The lowest BCUT2D eigenvalue weighted by Crippen LogP contribution is -1.99. The van der Waals surface area contributed by atoms with E-state index < -0.39 is 5.97 Å². The number of para-hydroxylation sites is 1. The Labute approximate surface area is 127 Å². The molecular weight excluding hydrogens is 280 g/mol. The average molecular weight is 294 g/mol. The number of carbonyl (C=O) groups is 1. The van der Waals surface area contributed by atoms with Crippen LogP contribution in [0, 0.1) is 0 Å². The molecule has 0 aliphatic heterocycles. The Bertz CT molecular complexity index is 775. The van der Waals surface area contributed by atoms with E-state index in [-0.39, 0.29) is 5.76 Å². The lowest BCUT2D eigenvalue weighted by molar-refractivity contribution is 0.0663. The monoisotopic (exact) mass is 294 g/mol. The van der Waals surface area contributed by atoms with E-state index in [4.69, 9.17) is 9.15 Å². The first-order valence-corrected chi connectivity index (χ1v) is 6.82. The first kappa shape index (κ1) is 13.9. The van der Waals surface area contributed by atoms with Gasteiger partial charge in [-0.25, -0.2) is 4.79 Å².